The van der Waals surface area contributed by atoms with E-state index in [9.17, 15) is 9.59 Å². The lowest BCUT2D eigenvalue weighted by Crippen LogP contribution is -2.38. The number of anilines is 1. The second-order valence-corrected chi connectivity index (χ2v) is 7.20. The van der Waals surface area contributed by atoms with Gasteiger partial charge in [-0.25, -0.2) is 14.7 Å². The van der Waals surface area contributed by atoms with Crippen molar-refractivity contribution < 1.29 is 9.59 Å². The lowest BCUT2D eigenvalue weighted by Gasteiger charge is -2.16. The molecule has 2 aliphatic rings. The van der Waals surface area contributed by atoms with Crippen molar-refractivity contribution in [2.24, 2.45) is 7.05 Å². The molecule has 5 heterocycles. The molecule has 0 bridgehead atoms. The van der Waals surface area contributed by atoms with Gasteiger partial charge in [0.25, 0.3) is 0 Å². The predicted octanol–water partition coefficient (Wildman–Crippen LogP) is 1.83. The summed E-state index contributed by atoms with van der Waals surface area (Å²) in [5, 5.41) is 8.68. The Labute approximate surface area is 161 Å². The molecule has 0 spiro atoms. The highest BCUT2D eigenvalue weighted by molar-refractivity contribution is 6.04. The molecule has 142 valence electrons. The molecule has 2 fully saturated rings. The van der Waals surface area contributed by atoms with Gasteiger partial charge in [0.2, 0.25) is 5.91 Å². The second-order valence-electron chi connectivity index (χ2n) is 7.20. The van der Waals surface area contributed by atoms with Gasteiger partial charge < -0.3 is 0 Å². The maximum atomic E-state index is 12.6. The van der Waals surface area contributed by atoms with Crippen molar-refractivity contribution >= 4 is 28.5 Å². The monoisotopic (exact) mass is 377 g/mol. The Kier molecular flexibility index (Phi) is 3.83. The van der Waals surface area contributed by atoms with Crippen molar-refractivity contribution in [1.82, 2.24) is 29.5 Å². The van der Waals surface area contributed by atoms with Crippen LogP contribution in [-0.2, 0) is 11.8 Å². The number of aryl methyl sites for hydroxylation is 1. The number of imide groups is 1. The van der Waals surface area contributed by atoms with Crippen LogP contribution in [0.4, 0.5) is 10.6 Å². The second kappa shape index (κ2) is 6.38. The summed E-state index contributed by atoms with van der Waals surface area (Å²) in [4.78, 5) is 37.0. The molecule has 0 saturated carbocycles. The first-order valence-corrected chi connectivity index (χ1v) is 9.20. The number of rotatable bonds is 2. The number of urea groups is 1. The van der Waals surface area contributed by atoms with Crippen molar-refractivity contribution in [2.75, 3.05) is 18.5 Å². The Balaban J connectivity index is 1.38. The Morgan fingerprint density at radius 1 is 1.18 bits per heavy atom. The standard InChI is InChI=1S/C19H19N7O2/c1-24-10-14(9-22-24)15-5-12-6-17(21-8-13(12)7-20-15)23-19(28)26-11-25-4-2-3-16(25)18(26)27/h5-10,16H,2-4,11H2,1H3,(H,21,23,28). The minimum absolute atomic E-state index is 0.126. The van der Waals surface area contributed by atoms with Gasteiger partial charge in [-0.3, -0.25) is 24.7 Å². The van der Waals surface area contributed by atoms with E-state index in [1.165, 1.54) is 4.90 Å². The lowest BCUT2D eigenvalue weighted by atomic mass is 10.1. The fourth-order valence-electron chi connectivity index (χ4n) is 3.87. The van der Waals surface area contributed by atoms with Crippen LogP contribution < -0.4 is 5.32 Å². The Morgan fingerprint density at radius 2 is 2.04 bits per heavy atom. The van der Waals surface area contributed by atoms with Crippen LogP contribution in [0.3, 0.4) is 0 Å². The summed E-state index contributed by atoms with van der Waals surface area (Å²) in [6.45, 7) is 1.20. The molecule has 0 aliphatic carbocycles. The van der Waals surface area contributed by atoms with E-state index in [4.69, 9.17) is 0 Å². The van der Waals surface area contributed by atoms with Crippen molar-refractivity contribution in [1.29, 1.82) is 0 Å². The summed E-state index contributed by atoms with van der Waals surface area (Å²) in [6, 6.07) is 3.13. The summed E-state index contributed by atoms with van der Waals surface area (Å²) in [7, 11) is 1.85. The quantitative estimate of drug-likeness (QED) is 0.732. The van der Waals surface area contributed by atoms with Crippen LogP contribution in [0.1, 0.15) is 12.8 Å². The van der Waals surface area contributed by atoms with Crippen LogP contribution in [-0.4, -0.2) is 60.7 Å². The summed E-state index contributed by atoms with van der Waals surface area (Å²) in [6.07, 6.45) is 8.88. The number of nitrogens with one attached hydrogen (secondary N) is 1. The van der Waals surface area contributed by atoms with Gasteiger partial charge in [0.05, 0.1) is 24.6 Å². The number of pyridine rings is 2. The molecule has 1 unspecified atom stereocenters. The molecule has 2 aliphatic heterocycles. The topological polar surface area (TPSA) is 96.2 Å². The smallest absolute Gasteiger partial charge is 0.292 e. The molecule has 9 heteroatoms. The van der Waals surface area contributed by atoms with Crippen molar-refractivity contribution in [3.8, 4) is 11.3 Å². The zero-order valence-electron chi connectivity index (χ0n) is 15.4. The molecule has 1 N–H and O–H groups in total. The van der Waals surface area contributed by atoms with Crippen molar-refractivity contribution in [3.05, 3.63) is 36.9 Å². The minimum Gasteiger partial charge on any atom is -0.292 e. The Bertz CT molecular complexity index is 1090. The van der Waals surface area contributed by atoms with Gasteiger partial charge in [0, 0.05) is 43.1 Å². The maximum absolute atomic E-state index is 12.6. The number of nitrogens with zero attached hydrogens (tertiary/aromatic N) is 6. The fraction of sp³-hybridized carbons (Fsp3) is 0.316. The highest BCUT2D eigenvalue weighted by Crippen LogP contribution is 2.26. The predicted molar refractivity (Wildman–Crippen MR) is 102 cm³/mol. The fourth-order valence-corrected chi connectivity index (χ4v) is 3.87. The van der Waals surface area contributed by atoms with Crippen LogP contribution in [0.2, 0.25) is 0 Å². The highest BCUT2D eigenvalue weighted by Gasteiger charge is 2.43. The molecular formula is C19H19N7O2. The first kappa shape index (κ1) is 16.8. The number of carbonyl (C=O) groups is 2. The molecule has 5 rings (SSSR count). The van der Waals surface area contributed by atoms with E-state index in [-0.39, 0.29) is 11.9 Å². The molecular weight excluding hydrogens is 358 g/mol. The average molecular weight is 377 g/mol. The molecule has 0 aromatic carbocycles. The van der Waals surface area contributed by atoms with Gasteiger partial charge in [-0.05, 0) is 30.4 Å². The molecule has 3 aromatic heterocycles. The number of fused-ring (bicyclic) bond motifs is 2. The highest BCUT2D eigenvalue weighted by atomic mass is 16.2. The van der Waals surface area contributed by atoms with E-state index in [0.29, 0.717) is 12.5 Å². The average Bonchev–Trinajstić information content (AvgIpc) is 3.39. The largest absolute Gasteiger partial charge is 0.330 e. The van der Waals surface area contributed by atoms with Gasteiger partial charge in [-0.2, -0.15) is 5.10 Å². The molecule has 9 nitrogen and oxygen atoms in total. The van der Waals surface area contributed by atoms with E-state index < -0.39 is 6.03 Å². The number of carbonyl (C=O) groups excluding carboxylic acids is 2. The SMILES string of the molecule is Cn1cc(-c2cc3cc(NC(=O)N4CN5CCCC5C4=O)ncc3cn2)cn1. The first-order valence-electron chi connectivity index (χ1n) is 9.20. The molecule has 3 aromatic rings. The van der Waals surface area contributed by atoms with E-state index in [1.807, 2.05) is 24.2 Å². The van der Waals surface area contributed by atoms with Gasteiger partial charge in [-0.15, -0.1) is 0 Å². The summed E-state index contributed by atoms with van der Waals surface area (Å²) in [5.74, 6) is 0.277. The van der Waals surface area contributed by atoms with E-state index in [2.05, 4.69) is 20.4 Å². The van der Waals surface area contributed by atoms with Crippen molar-refractivity contribution in [2.45, 2.75) is 18.9 Å². The van der Waals surface area contributed by atoms with Crippen molar-refractivity contribution in [3.63, 3.8) is 0 Å². The third-order valence-corrected chi connectivity index (χ3v) is 5.32. The number of amides is 3. The normalized spacial score (nSPS) is 19.4. The van der Waals surface area contributed by atoms with Crippen LogP contribution in [0.5, 0.6) is 0 Å². The van der Waals surface area contributed by atoms with E-state index >= 15 is 0 Å². The summed E-state index contributed by atoms with van der Waals surface area (Å²) >= 11 is 0. The molecule has 0 radical (unpaired) electrons. The van der Waals surface area contributed by atoms with Crippen LogP contribution in [0.25, 0.3) is 22.0 Å². The zero-order valence-corrected chi connectivity index (χ0v) is 15.4. The first-order chi connectivity index (χ1) is 13.6. The number of aromatic nitrogens is 4. The van der Waals surface area contributed by atoms with E-state index in [0.717, 1.165) is 41.4 Å². The molecule has 1 atom stereocenters. The van der Waals surface area contributed by atoms with Crippen LogP contribution >= 0.6 is 0 Å². The molecule has 3 amide bonds. The Morgan fingerprint density at radius 3 is 2.82 bits per heavy atom. The number of hydrogen-bond donors (Lipinski definition) is 1. The van der Waals surface area contributed by atoms with Gasteiger partial charge in [0.15, 0.2) is 0 Å². The third kappa shape index (κ3) is 2.80. The zero-order chi connectivity index (χ0) is 19.3. The van der Waals surface area contributed by atoms with Gasteiger partial charge in [-0.1, -0.05) is 0 Å². The molecule has 28 heavy (non-hydrogen) atoms. The number of hydrogen-bond acceptors (Lipinski definition) is 6. The maximum Gasteiger partial charge on any atom is 0.330 e. The van der Waals surface area contributed by atoms with Crippen LogP contribution in [0.15, 0.2) is 36.9 Å². The van der Waals surface area contributed by atoms with Crippen LogP contribution in [0, 0.1) is 0 Å². The molecule has 2 saturated heterocycles. The van der Waals surface area contributed by atoms with Gasteiger partial charge >= 0.3 is 6.03 Å². The van der Waals surface area contributed by atoms with E-state index in [1.54, 1.807) is 29.3 Å². The lowest BCUT2D eigenvalue weighted by molar-refractivity contribution is -0.126. The third-order valence-electron chi connectivity index (χ3n) is 5.32. The summed E-state index contributed by atoms with van der Waals surface area (Å²) < 4.78 is 1.72. The minimum atomic E-state index is -0.437. The van der Waals surface area contributed by atoms with Gasteiger partial charge in [0.1, 0.15) is 5.82 Å². The Hall–Kier alpha value is -3.33. The summed E-state index contributed by atoms with van der Waals surface area (Å²) in [5.41, 5.74) is 1.70.